The molecule has 9 heteroatoms. The molecule has 3 rings (SSSR count). The number of nitrogens with zero attached hydrogens (tertiary/aromatic N) is 2. The monoisotopic (exact) mass is 450 g/mol. The number of thiophene rings is 1. The number of amides is 1. The highest BCUT2D eigenvalue weighted by molar-refractivity contribution is 7.08. The van der Waals surface area contributed by atoms with Gasteiger partial charge in [-0.05, 0) is 61.0 Å². The number of benzene rings is 1. The molecule has 1 saturated heterocycles. The lowest BCUT2D eigenvalue weighted by Crippen LogP contribution is -2.46. The van der Waals surface area contributed by atoms with Crippen molar-refractivity contribution in [3.05, 3.63) is 56.7 Å². The number of rotatable bonds is 4. The zero-order chi connectivity index (χ0) is 20.5. The molecule has 0 N–H and O–H groups in total. The molecular formula is C19H19Cl2F3N2OS. The third kappa shape index (κ3) is 4.32. The number of carbonyl (C=O) groups excluding carboxylic acids is 1. The normalized spacial score (nSPS) is 19.4. The first-order chi connectivity index (χ1) is 13.2. The zero-order valence-electron chi connectivity index (χ0n) is 15.0. The number of likely N-dealkylation sites (N-methyl/N-ethyl adjacent to an activating group) is 1. The van der Waals surface area contributed by atoms with Gasteiger partial charge in [0.15, 0.2) is 0 Å². The van der Waals surface area contributed by atoms with Crippen LogP contribution in [0.25, 0.3) is 0 Å². The molecule has 3 nitrogen and oxygen atoms in total. The number of piperidine rings is 1. The summed E-state index contributed by atoms with van der Waals surface area (Å²) >= 11 is 13.9. The molecule has 1 aliphatic rings. The second-order valence-corrected chi connectivity index (χ2v) is 8.35. The van der Waals surface area contributed by atoms with E-state index in [9.17, 15) is 18.0 Å². The first-order valence-electron chi connectivity index (χ1n) is 8.79. The molecule has 2 heterocycles. The van der Waals surface area contributed by atoms with E-state index < -0.39 is 28.7 Å². The van der Waals surface area contributed by atoms with Gasteiger partial charge in [0.1, 0.15) is 0 Å². The molecular weight excluding hydrogens is 432 g/mol. The van der Waals surface area contributed by atoms with Gasteiger partial charge in [0.2, 0.25) is 0 Å². The topological polar surface area (TPSA) is 23.6 Å². The van der Waals surface area contributed by atoms with Crippen molar-refractivity contribution in [1.82, 2.24) is 9.32 Å². The Hall–Kier alpha value is -1.28. The Balaban J connectivity index is 1.98. The number of alkyl halides is 3. The van der Waals surface area contributed by atoms with Crippen LogP contribution in [-0.4, -0.2) is 34.9 Å². The van der Waals surface area contributed by atoms with E-state index in [4.69, 9.17) is 23.4 Å². The Kier molecular flexibility index (Phi) is 6.59. The summed E-state index contributed by atoms with van der Waals surface area (Å²) in [6, 6.07) is 4.64. The summed E-state index contributed by atoms with van der Waals surface area (Å²) in [6.07, 6.45) is -1.76. The minimum absolute atomic E-state index is 0.0330. The van der Waals surface area contributed by atoms with Crippen LogP contribution in [0.3, 0.4) is 0 Å². The highest BCUT2D eigenvalue weighted by atomic mass is 35.5. The van der Waals surface area contributed by atoms with E-state index >= 15 is 0 Å². The first-order valence-corrected chi connectivity index (χ1v) is 10.4. The average Bonchev–Trinajstić information content (AvgIpc) is 3.16. The lowest BCUT2D eigenvalue weighted by atomic mass is 9.92. The average molecular weight is 451 g/mol. The fraction of sp³-hybridized carbons (Fsp3) is 0.421. The number of halogens is 5. The van der Waals surface area contributed by atoms with Crippen LogP contribution in [0.5, 0.6) is 0 Å². The van der Waals surface area contributed by atoms with Gasteiger partial charge in [0.25, 0.3) is 5.91 Å². The minimum Gasteiger partial charge on any atom is -0.301 e. The van der Waals surface area contributed by atoms with Crippen LogP contribution in [0, 0.1) is 0 Å². The quantitative estimate of drug-likeness (QED) is 0.514. The molecule has 1 aromatic carbocycles. The summed E-state index contributed by atoms with van der Waals surface area (Å²) in [5, 5.41) is 3.16. The summed E-state index contributed by atoms with van der Waals surface area (Å²) in [5.74, 6) is -0.743. The minimum atomic E-state index is -4.65. The smallest absolute Gasteiger partial charge is 0.301 e. The third-order valence-corrected chi connectivity index (χ3v) is 6.52. The summed E-state index contributed by atoms with van der Waals surface area (Å²) in [6.45, 7) is 0.870. The Bertz CT molecular complexity index is 829. The molecule has 0 radical (unpaired) electrons. The van der Waals surface area contributed by atoms with Crippen molar-refractivity contribution in [1.29, 1.82) is 0 Å². The van der Waals surface area contributed by atoms with Crippen molar-refractivity contribution in [2.24, 2.45) is 0 Å². The summed E-state index contributed by atoms with van der Waals surface area (Å²) in [4.78, 5) is 15.2. The molecule has 0 aliphatic carbocycles. The number of carbonyl (C=O) groups is 1. The lowest BCUT2D eigenvalue weighted by molar-refractivity contribution is -0.137. The SMILES string of the molecule is CN1CCCCC1C(c1ccsc1)N(Cl)C(=O)c1cccc(C(F)(F)F)c1Cl. The second kappa shape index (κ2) is 8.61. The Morgan fingerprint density at radius 3 is 2.68 bits per heavy atom. The molecule has 1 aliphatic heterocycles. The highest BCUT2D eigenvalue weighted by Gasteiger charge is 2.39. The van der Waals surface area contributed by atoms with Gasteiger partial charge in [0.05, 0.1) is 22.2 Å². The van der Waals surface area contributed by atoms with Crippen molar-refractivity contribution < 1.29 is 18.0 Å². The fourth-order valence-corrected chi connectivity index (χ4v) is 4.94. The molecule has 1 aromatic heterocycles. The Labute approximate surface area is 175 Å². The van der Waals surface area contributed by atoms with E-state index in [2.05, 4.69) is 4.90 Å². The van der Waals surface area contributed by atoms with E-state index in [0.29, 0.717) is 0 Å². The van der Waals surface area contributed by atoms with E-state index in [1.165, 1.54) is 23.5 Å². The maximum atomic E-state index is 13.2. The van der Waals surface area contributed by atoms with Gasteiger partial charge in [-0.15, -0.1) is 0 Å². The molecule has 0 spiro atoms. The summed E-state index contributed by atoms with van der Waals surface area (Å²) < 4.78 is 40.5. The highest BCUT2D eigenvalue weighted by Crippen LogP contribution is 2.39. The largest absolute Gasteiger partial charge is 0.417 e. The van der Waals surface area contributed by atoms with Crippen LogP contribution < -0.4 is 0 Å². The van der Waals surface area contributed by atoms with Crippen LogP contribution >= 0.6 is 34.7 Å². The maximum Gasteiger partial charge on any atom is 0.417 e. The van der Waals surface area contributed by atoms with Crippen LogP contribution in [0.15, 0.2) is 35.0 Å². The van der Waals surface area contributed by atoms with Crippen LogP contribution in [0.2, 0.25) is 5.02 Å². The van der Waals surface area contributed by atoms with Crippen molar-refractivity contribution in [2.45, 2.75) is 37.5 Å². The second-order valence-electron chi connectivity index (χ2n) is 6.83. The number of hydrogen-bond donors (Lipinski definition) is 0. The Morgan fingerprint density at radius 2 is 2.07 bits per heavy atom. The van der Waals surface area contributed by atoms with Crippen LogP contribution in [-0.2, 0) is 6.18 Å². The number of hydrogen-bond acceptors (Lipinski definition) is 3. The van der Waals surface area contributed by atoms with Gasteiger partial charge in [-0.25, -0.2) is 4.42 Å². The van der Waals surface area contributed by atoms with Gasteiger partial charge in [-0.1, -0.05) is 24.1 Å². The van der Waals surface area contributed by atoms with Gasteiger partial charge < -0.3 is 4.90 Å². The van der Waals surface area contributed by atoms with Crippen LogP contribution in [0.4, 0.5) is 13.2 Å². The summed E-state index contributed by atoms with van der Waals surface area (Å²) in [5.41, 5.74) is -0.452. The molecule has 2 unspecified atom stereocenters. The van der Waals surface area contributed by atoms with E-state index in [-0.39, 0.29) is 11.6 Å². The predicted molar refractivity (Wildman–Crippen MR) is 106 cm³/mol. The first kappa shape index (κ1) is 21.4. The molecule has 2 atom stereocenters. The van der Waals surface area contributed by atoms with E-state index in [1.807, 2.05) is 23.9 Å². The molecule has 0 bridgehead atoms. The zero-order valence-corrected chi connectivity index (χ0v) is 17.4. The van der Waals surface area contributed by atoms with E-state index in [1.54, 1.807) is 0 Å². The van der Waals surface area contributed by atoms with Gasteiger partial charge in [-0.2, -0.15) is 24.5 Å². The van der Waals surface area contributed by atoms with Crippen molar-refractivity contribution in [2.75, 3.05) is 13.6 Å². The van der Waals surface area contributed by atoms with Gasteiger partial charge in [0, 0.05) is 17.8 Å². The van der Waals surface area contributed by atoms with Gasteiger partial charge in [-0.3, -0.25) is 4.79 Å². The van der Waals surface area contributed by atoms with Crippen molar-refractivity contribution >= 4 is 40.6 Å². The summed E-state index contributed by atoms with van der Waals surface area (Å²) in [7, 11) is 1.97. The molecule has 2 aromatic rings. The molecule has 1 amide bonds. The van der Waals surface area contributed by atoms with Crippen molar-refractivity contribution in [3.8, 4) is 0 Å². The standard InChI is InChI=1S/C19H19Cl2F3N2OS/c1-25-9-3-2-7-15(25)17(12-8-10-28-11-12)26(21)18(27)13-5-4-6-14(16(13)20)19(22,23)24/h4-6,8,10-11,15,17H,2-3,7,9H2,1H3. The third-order valence-electron chi connectivity index (χ3n) is 5.05. The molecule has 152 valence electrons. The van der Waals surface area contributed by atoms with Crippen molar-refractivity contribution in [3.63, 3.8) is 0 Å². The Morgan fingerprint density at radius 1 is 1.32 bits per heavy atom. The fourth-order valence-electron chi connectivity index (χ4n) is 3.60. The van der Waals surface area contributed by atoms with Gasteiger partial charge >= 0.3 is 6.18 Å². The molecule has 1 fully saturated rings. The van der Waals surface area contributed by atoms with E-state index in [0.717, 1.165) is 41.9 Å². The lowest BCUT2D eigenvalue weighted by Gasteiger charge is -2.40. The molecule has 0 saturated carbocycles. The maximum absolute atomic E-state index is 13.2. The number of likely N-dealkylation sites (tertiary alicyclic amines) is 1. The molecule has 28 heavy (non-hydrogen) atoms. The van der Waals surface area contributed by atoms with Crippen LogP contribution in [0.1, 0.15) is 46.8 Å². The predicted octanol–water partition coefficient (Wildman–Crippen LogP) is 6.24.